The van der Waals surface area contributed by atoms with Gasteiger partial charge in [-0.25, -0.2) is 4.98 Å². The Hall–Kier alpha value is -1.13. The van der Waals surface area contributed by atoms with E-state index in [2.05, 4.69) is 39.4 Å². The van der Waals surface area contributed by atoms with Crippen LogP contribution in [0.25, 0.3) is 0 Å². The van der Waals surface area contributed by atoms with Crippen LogP contribution in [0.3, 0.4) is 0 Å². The van der Waals surface area contributed by atoms with E-state index in [0.29, 0.717) is 12.4 Å². The zero-order valence-electron chi connectivity index (χ0n) is 17.1. The first-order valence-electron chi connectivity index (χ1n) is 9.29. The Kier molecular flexibility index (Phi) is 10.3. The number of halogens is 1. The Labute approximate surface area is 180 Å². The second-order valence-electron chi connectivity index (χ2n) is 7.36. The number of aliphatic imine (C=N–C) groups is 1. The van der Waals surface area contributed by atoms with Gasteiger partial charge in [0.25, 0.3) is 0 Å². The Morgan fingerprint density at radius 1 is 1.30 bits per heavy atom. The molecule has 2 rings (SSSR count). The highest BCUT2D eigenvalue weighted by Crippen LogP contribution is 2.15. The standard InChI is InChI=1S/C19H33N5O2.HI/c1-15(2)26-17-7-6-16(12-21-17)13-22-18(20-5)23-14-19(3,4)24-8-10-25-11-9-24;/h6-7,12,15H,8-11,13-14H2,1-5H3,(H2,20,22,23);1H. The Balaban J connectivity index is 0.00000364. The average Bonchev–Trinajstić information content (AvgIpc) is 2.63. The summed E-state index contributed by atoms with van der Waals surface area (Å²) in [5.41, 5.74) is 1.12. The number of hydrogen-bond acceptors (Lipinski definition) is 5. The summed E-state index contributed by atoms with van der Waals surface area (Å²) in [6.45, 7) is 13.5. The van der Waals surface area contributed by atoms with Crippen molar-refractivity contribution in [3.63, 3.8) is 0 Å². The Morgan fingerprint density at radius 3 is 2.56 bits per heavy atom. The fraction of sp³-hybridized carbons (Fsp3) is 0.684. The van der Waals surface area contributed by atoms with E-state index in [0.717, 1.165) is 44.4 Å². The summed E-state index contributed by atoms with van der Waals surface area (Å²) in [5, 5.41) is 6.76. The first kappa shape index (κ1) is 23.9. The summed E-state index contributed by atoms with van der Waals surface area (Å²) < 4.78 is 11.0. The number of rotatable bonds is 7. The number of nitrogens with one attached hydrogen (secondary N) is 2. The lowest BCUT2D eigenvalue weighted by Gasteiger charge is -2.41. The average molecular weight is 491 g/mol. The third kappa shape index (κ3) is 8.18. The van der Waals surface area contributed by atoms with E-state index in [1.807, 2.05) is 32.2 Å². The van der Waals surface area contributed by atoms with Crippen LogP contribution in [-0.4, -0.2) is 67.4 Å². The fourth-order valence-corrected chi connectivity index (χ4v) is 2.81. The minimum absolute atomic E-state index is 0. The van der Waals surface area contributed by atoms with Crippen LogP contribution in [0.5, 0.6) is 5.88 Å². The molecule has 0 aliphatic carbocycles. The van der Waals surface area contributed by atoms with Gasteiger partial charge in [-0.15, -0.1) is 24.0 Å². The fourth-order valence-electron chi connectivity index (χ4n) is 2.81. The quantitative estimate of drug-likeness (QED) is 0.347. The number of morpholine rings is 1. The van der Waals surface area contributed by atoms with Crippen molar-refractivity contribution >= 4 is 29.9 Å². The number of aromatic nitrogens is 1. The van der Waals surface area contributed by atoms with Gasteiger partial charge in [0.05, 0.1) is 19.3 Å². The van der Waals surface area contributed by atoms with E-state index in [1.165, 1.54) is 0 Å². The molecule has 0 amide bonds. The van der Waals surface area contributed by atoms with Crippen LogP contribution >= 0.6 is 24.0 Å². The van der Waals surface area contributed by atoms with Crippen LogP contribution in [-0.2, 0) is 11.3 Å². The molecule has 1 aliphatic heterocycles. The molecular weight excluding hydrogens is 457 g/mol. The maximum absolute atomic E-state index is 5.57. The Morgan fingerprint density at radius 2 is 2.00 bits per heavy atom. The van der Waals surface area contributed by atoms with E-state index in [9.17, 15) is 0 Å². The highest BCUT2D eigenvalue weighted by molar-refractivity contribution is 14.0. The monoisotopic (exact) mass is 491 g/mol. The zero-order chi connectivity index (χ0) is 19.0. The van der Waals surface area contributed by atoms with Gasteiger partial charge in [-0.05, 0) is 33.3 Å². The minimum atomic E-state index is 0. The van der Waals surface area contributed by atoms with Crippen molar-refractivity contribution in [2.24, 2.45) is 4.99 Å². The van der Waals surface area contributed by atoms with Crippen molar-refractivity contribution in [1.82, 2.24) is 20.5 Å². The molecule has 1 aromatic rings. The van der Waals surface area contributed by atoms with Gasteiger partial charge >= 0.3 is 0 Å². The molecular formula is C19H34IN5O2. The maximum Gasteiger partial charge on any atom is 0.213 e. The molecule has 0 saturated carbocycles. The van der Waals surface area contributed by atoms with E-state index in [1.54, 1.807) is 7.05 Å². The molecule has 0 spiro atoms. The summed E-state index contributed by atoms with van der Waals surface area (Å²) in [6, 6.07) is 3.91. The molecule has 0 aromatic carbocycles. The van der Waals surface area contributed by atoms with Crippen LogP contribution < -0.4 is 15.4 Å². The predicted octanol–water partition coefficient (Wildman–Crippen LogP) is 2.26. The molecule has 154 valence electrons. The molecule has 2 N–H and O–H groups in total. The van der Waals surface area contributed by atoms with Gasteiger partial charge in [-0.1, -0.05) is 6.07 Å². The van der Waals surface area contributed by atoms with E-state index in [-0.39, 0.29) is 35.6 Å². The lowest BCUT2D eigenvalue weighted by Crippen LogP contribution is -2.56. The molecule has 2 heterocycles. The normalized spacial score (nSPS) is 16.0. The van der Waals surface area contributed by atoms with Gasteiger partial charge in [-0.3, -0.25) is 9.89 Å². The van der Waals surface area contributed by atoms with Gasteiger partial charge < -0.3 is 20.1 Å². The molecule has 0 bridgehead atoms. The lowest BCUT2D eigenvalue weighted by atomic mass is 10.0. The van der Waals surface area contributed by atoms with Crippen LogP contribution in [0.2, 0.25) is 0 Å². The van der Waals surface area contributed by atoms with E-state index in [4.69, 9.17) is 9.47 Å². The van der Waals surface area contributed by atoms with E-state index < -0.39 is 0 Å². The van der Waals surface area contributed by atoms with Crippen LogP contribution in [0, 0.1) is 0 Å². The number of guanidine groups is 1. The molecule has 0 radical (unpaired) electrons. The summed E-state index contributed by atoms with van der Waals surface area (Å²) >= 11 is 0. The number of pyridine rings is 1. The van der Waals surface area contributed by atoms with Crippen LogP contribution in [0.1, 0.15) is 33.3 Å². The molecule has 1 aliphatic rings. The van der Waals surface area contributed by atoms with E-state index >= 15 is 0 Å². The van der Waals surface area contributed by atoms with Crippen molar-refractivity contribution in [2.45, 2.75) is 45.9 Å². The minimum Gasteiger partial charge on any atom is -0.475 e. The number of nitrogens with zero attached hydrogens (tertiary/aromatic N) is 3. The molecule has 27 heavy (non-hydrogen) atoms. The highest BCUT2D eigenvalue weighted by Gasteiger charge is 2.28. The summed E-state index contributed by atoms with van der Waals surface area (Å²) in [7, 11) is 1.79. The second kappa shape index (κ2) is 11.7. The largest absolute Gasteiger partial charge is 0.475 e. The lowest BCUT2D eigenvalue weighted by molar-refractivity contribution is -0.00834. The predicted molar refractivity (Wildman–Crippen MR) is 120 cm³/mol. The van der Waals surface area contributed by atoms with Crippen LogP contribution in [0.15, 0.2) is 23.3 Å². The van der Waals surface area contributed by atoms with Crippen molar-refractivity contribution in [2.75, 3.05) is 39.9 Å². The van der Waals surface area contributed by atoms with Crippen molar-refractivity contribution in [1.29, 1.82) is 0 Å². The van der Waals surface area contributed by atoms with Gasteiger partial charge in [0, 0.05) is 51.0 Å². The molecule has 8 heteroatoms. The molecule has 0 atom stereocenters. The highest BCUT2D eigenvalue weighted by atomic mass is 127. The molecule has 1 fully saturated rings. The van der Waals surface area contributed by atoms with Gasteiger partial charge in [0.15, 0.2) is 5.96 Å². The smallest absolute Gasteiger partial charge is 0.213 e. The van der Waals surface area contributed by atoms with Crippen LogP contribution in [0.4, 0.5) is 0 Å². The van der Waals surface area contributed by atoms with Gasteiger partial charge in [0.2, 0.25) is 5.88 Å². The number of ether oxygens (including phenoxy) is 2. The van der Waals surface area contributed by atoms with Crippen molar-refractivity contribution < 1.29 is 9.47 Å². The zero-order valence-corrected chi connectivity index (χ0v) is 19.4. The third-order valence-electron chi connectivity index (χ3n) is 4.39. The molecule has 7 nitrogen and oxygen atoms in total. The second-order valence-corrected chi connectivity index (χ2v) is 7.36. The maximum atomic E-state index is 5.57. The molecule has 0 unspecified atom stereocenters. The van der Waals surface area contributed by atoms with Crippen molar-refractivity contribution in [3.8, 4) is 5.88 Å². The third-order valence-corrected chi connectivity index (χ3v) is 4.39. The Bertz CT molecular complexity index is 572. The van der Waals surface area contributed by atoms with Gasteiger partial charge in [-0.2, -0.15) is 0 Å². The summed E-state index contributed by atoms with van der Waals surface area (Å²) in [5.74, 6) is 1.44. The molecule has 1 saturated heterocycles. The first-order chi connectivity index (χ1) is 12.4. The molecule has 1 aromatic heterocycles. The topological polar surface area (TPSA) is 71.0 Å². The summed E-state index contributed by atoms with van der Waals surface area (Å²) in [6.07, 6.45) is 1.96. The van der Waals surface area contributed by atoms with Gasteiger partial charge in [0.1, 0.15) is 0 Å². The SMILES string of the molecule is CN=C(NCc1ccc(OC(C)C)nc1)NCC(C)(C)N1CCOCC1.I. The number of hydrogen-bond donors (Lipinski definition) is 2. The first-order valence-corrected chi connectivity index (χ1v) is 9.29. The van der Waals surface area contributed by atoms with Crippen molar-refractivity contribution in [3.05, 3.63) is 23.9 Å². The summed E-state index contributed by atoms with van der Waals surface area (Å²) in [4.78, 5) is 11.1.